The van der Waals surface area contributed by atoms with Crippen molar-refractivity contribution in [2.45, 2.75) is 17.8 Å². The van der Waals surface area contributed by atoms with E-state index in [1.165, 1.54) is 5.56 Å². The number of hydrogen-bond donors (Lipinski definition) is 1. The number of benzene rings is 2. The van der Waals surface area contributed by atoms with Gasteiger partial charge in [0, 0.05) is 27.7 Å². The van der Waals surface area contributed by atoms with Crippen LogP contribution in [0.4, 0.5) is 11.5 Å². The lowest BCUT2D eigenvalue weighted by molar-refractivity contribution is 0.937. The van der Waals surface area contributed by atoms with Crippen molar-refractivity contribution in [1.82, 2.24) is 9.97 Å². The molecular weight excluding hydrogens is 406 g/mol. The topological polar surface area (TPSA) is 37.8 Å². The summed E-state index contributed by atoms with van der Waals surface area (Å²) in [6, 6.07) is 20.3. The van der Waals surface area contributed by atoms with Crippen molar-refractivity contribution in [1.29, 1.82) is 0 Å². The van der Waals surface area contributed by atoms with Crippen LogP contribution < -0.4 is 5.32 Å². The van der Waals surface area contributed by atoms with Gasteiger partial charge in [0.2, 0.25) is 0 Å². The molecule has 0 aliphatic rings. The summed E-state index contributed by atoms with van der Waals surface area (Å²) in [4.78, 5) is 9.11. The monoisotopic (exact) mass is 421 g/mol. The molecule has 0 amide bonds. The molecule has 1 heterocycles. The average molecular weight is 423 g/mol. The number of aromatic nitrogens is 2. The molecule has 0 fully saturated rings. The van der Waals surface area contributed by atoms with E-state index in [2.05, 4.69) is 43.3 Å². The normalized spacial score (nSPS) is 10.1. The van der Waals surface area contributed by atoms with Crippen molar-refractivity contribution in [3.8, 4) is 0 Å². The zero-order valence-corrected chi connectivity index (χ0v) is 16.3. The minimum atomic E-state index is 0. The van der Waals surface area contributed by atoms with Gasteiger partial charge in [-0.15, -0.1) is 12.4 Å². The smallest absolute Gasteiger partial charge is 0.190 e. The Morgan fingerprint density at radius 3 is 2.54 bits per heavy atom. The van der Waals surface area contributed by atoms with Gasteiger partial charge in [-0.25, -0.2) is 9.97 Å². The van der Waals surface area contributed by atoms with Crippen LogP contribution >= 0.6 is 40.1 Å². The number of aryl methyl sites for hydroxylation is 1. The molecule has 0 radical (unpaired) electrons. The maximum Gasteiger partial charge on any atom is 0.190 e. The molecule has 0 saturated carbocycles. The van der Waals surface area contributed by atoms with Crippen molar-refractivity contribution >= 4 is 51.6 Å². The Labute approximate surface area is 160 Å². The zero-order valence-electron chi connectivity index (χ0n) is 13.1. The predicted molar refractivity (Wildman–Crippen MR) is 107 cm³/mol. The molecule has 0 spiro atoms. The van der Waals surface area contributed by atoms with E-state index in [-0.39, 0.29) is 12.4 Å². The molecule has 24 heavy (non-hydrogen) atoms. The third-order valence-electron chi connectivity index (χ3n) is 3.14. The van der Waals surface area contributed by atoms with E-state index in [9.17, 15) is 0 Å². The summed E-state index contributed by atoms with van der Waals surface area (Å²) in [5.74, 6) is 1.67. The highest BCUT2D eigenvalue weighted by Gasteiger charge is 2.04. The first kappa shape index (κ1) is 18.8. The quantitative estimate of drug-likeness (QED) is 0.404. The number of rotatable bonds is 5. The van der Waals surface area contributed by atoms with Gasteiger partial charge in [-0.3, -0.25) is 0 Å². The minimum absolute atomic E-state index is 0. The van der Waals surface area contributed by atoms with Gasteiger partial charge in [0.1, 0.15) is 5.82 Å². The van der Waals surface area contributed by atoms with Crippen LogP contribution in [0.3, 0.4) is 0 Å². The molecule has 0 aliphatic carbocycles. The number of hydrogen-bond acceptors (Lipinski definition) is 4. The van der Waals surface area contributed by atoms with Gasteiger partial charge in [-0.05, 0) is 30.7 Å². The minimum Gasteiger partial charge on any atom is -0.340 e. The lowest BCUT2D eigenvalue weighted by atomic mass is 10.2. The van der Waals surface area contributed by atoms with Crippen molar-refractivity contribution in [2.24, 2.45) is 0 Å². The Hall–Kier alpha value is -1.56. The number of halogens is 2. The fourth-order valence-electron chi connectivity index (χ4n) is 2.11. The van der Waals surface area contributed by atoms with E-state index in [0.717, 1.165) is 32.6 Å². The lowest BCUT2D eigenvalue weighted by Gasteiger charge is -2.09. The van der Waals surface area contributed by atoms with Crippen molar-refractivity contribution in [3.63, 3.8) is 0 Å². The van der Waals surface area contributed by atoms with Gasteiger partial charge in [0.05, 0.1) is 0 Å². The van der Waals surface area contributed by atoms with Crippen LogP contribution in [-0.2, 0) is 5.75 Å². The van der Waals surface area contributed by atoms with Gasteiger partial charge >= 0.3 is 0 Å². The molecular formula is C18H17BrClN3S. The molecule has 1 aromatic heterocycles. The zero-order chi connectivity index (χ0) is 16.1. The van der Waals surface area contributed by atoms with Crippen molar-refractivity contribution < 1.29 is 0 Å². The number of anilines is 2. The summed E-state index contributed by atoms with van der Waals surface area (Å²) in [6.07, 6.45) is 0. The van der Waals surface area contributed by atoms with E-state index in [0.29, 0.717) is 0 Å². The largest absolute Gasteiger partial charge is 0.340 e. The maximum atomic E-state index is 4.60. The molecule has 0 atom stereocenters. The van der Waals surface area contributed by atoms with E-state index in [4.69, 9.17) is 0 Å². The maximum absolute atomic E-state index is 4.60. The van der Waals surface area contributed by atoms with Gasteiger partial charge in [-0.2, -0.15) is 0 Å². The second-order valence-electron chi connectivity index (χ2n) is 5.09. The molecule has 3 rings (SSSR count). The van der Waals surface area contributed by atoms with Gasteiger partial charge in [0.15, 0.2) is 5.16 Å². The average Bonchev–Trinajstić information content (AvgIpc) is 2.53. The first-order valence-electron chi connectivity index (χ1n) is 7.24. The van der Waals surface area contributed by atoms with Gasteiger partial charge < -0.3 is 5.32 Å². The Morgan fingerprint density at radius 1 is 1.00 bits per heavy atom. The fraction of sp³-hybridized carbons (Fsp3) is 0.111. The van der Waals surface area contributed by atoms with E-state index >= 15 is 0 Å². The highest BCUT2D eigenvalue weighted by atomic mass is 79.9. The summed E-state index contributed by atoms with van der Waals surface area (Å²) < 4.78 is 1.03. The summed E-state index contributed by atoms with van der Waals surface area (Å²) >= 11 is 5.12. The van der Waals surface area contributed by atoms with Crippen LogP contribution in [0, 0.1) is 6.92 Å². The Kier molecular flexibility index (Phi) is 7.09. The first-order chi connectivity index (χ1) is 11.2. The molecule has 2 aromatic carbocycles. The number of nitrogens with zero attached hydrogens (tertiary/aromatic N) is 2. The van der Waals surface area contributed by atoms with Crippen LogP contribution in [0.2, 0.25) is 0 Å². The SMILES string of the molecule is Cc1cc(Nc2cccc(Br)c2)nc(SCc2ccccc2)n1.Cl. The standard InChI is InChI=1S/C18H16BrN3S.ClH/c1-13-10-17(21-16-9-5-8-15(19)11-16)22-18(20-13)23-12-14-6-3-2-4-7-14;/h2-11H,12H2,1H3,(H,20,21,22);1H. The summed E-state index contributed by atoms with van der Waals surface area (Å²) in [5.41, 5.74) is 3.22. The first-order valence-corrected chi connectivity index (χ1v) is 9.02. The van der Waals surface area contributed by atoms with Crippen LogP contribution in [0.1, 0.15) is 11.3 Å². The second-order valence-corrected chi connectivity index (χ2v) is 6.94. The Bertz CT molecular complexity index is 799. The number of thioether (sulfide) groups is 1. The third kappa shape index (κ3) is 5.51. The number of nitrogens with one attached hydrogen (secondary N) is 1. The fourth-order valence-corrected chi connectivity index (χ4v) is 3.37. The van der Waals surface area contributed by atoms with Crippen LogP contribution in [0.25, 0.3) is 0 Å². The van der Waals surface area contributed by atoms with Gasteiger partial charge in [-0.1, -0.05) is 64.1 Å². The highest BCUT2D eigenvalue weighted by Crippen LogP contribution is 2.24. The van der Waals surface area contributed by atoms with Crippen molar-refractivity contribution in [2.75, 3.05) is 5.32 Å². The molecule has 0 unspecified atom stereocenters. The third-order valence-corrected chi connectivity index (χ3v) is 4.55. The molecule has 124 valence electrons. The second kappa shape index (κ2) is 9.06. The molecule has 3 aromatic rings. The Morgan fingerprint density at radius 2 is 1.79 bits per heavy atom. The lowest BCUT2D eigenvalue weighted by Crippen LogP contribution is -1.98. The van der Waals surface area contributed by atoms with Gasteiger partial charge in [0.25, 0.3) is 0 Å². The summed E-state index contributed by atoms with van der Waals surface area (Å²) in [6.45, 7) is 1.99. The Balaban J connectivity index is 0.00000208. The van der Waals surface area contributed by atoms with E-state index in [1.54, 1.807) is 11.8 Å². The molecule has 0 bridgehead atoms. The summed E-state index contributed by atoms with van der Waals surface area (Å²) in [5, 5.41) is 4.11. The van der Waals surface area contributed by atoms with E-state index in [1.807, 2.05) is 55.5 Å². The molecule has 0 saturated heterocycles. The van der Waals surface area contributed by atoms with Crippen LogP contribution in [0.15, 0.2) is 70.3 Å². The molecule has 3 nitrogen and oxygen atoms in total. The van der Waals surface area contributed by atoms with Crippen LogP contribution in [0.5, 0.6) is 0 Å². The predicted octanol–water partition coefficient (Wildman–Crippen LogP) is 6.01. The van der Waals surface area contributed by atoms with E-state index < -0.39 is 0 Å². The highest BCUT2D eigenvalue weighted by molar-refractivity contribution is 9.10. The molecule has 1 N–H and O–H groups in total. The van der Waals surface area contributed by atoms with Crippen molar-refractivity contribution in [3.05, 3.63) is 76.4 Å². The van der Waals surface area contributed by atoms with Crippen LogP contribution in [-0.4, -0.2) is 9.97 Å². The summed E-state index contributed by atoms with van der Waals surface area (Å²) in [7, 11) is 0. The molecule has 6 heteroatoms. The molecule has 0 aliphatic heterocycles.